The van der Waals surface area contributed by atoms with Crippen molar-refractivity contribution in [1.29, 1.82) is 0 Å². The molecule has 2 heterocycles. The molecule has 1 N–H and O–H groups in total. The molecule has 0 aromatic carbocycles. The molecule has 100 valence electrons. The average molecular weight is 250 g/mol. The summed E-state index contributed by atoms with van der Waals surface area (Å²) >= 11 is 0. The maximum absolute atomic E-state index is 9.85. The molecule has 0 bridgehead atoms. The number of hydrogen-bond acceptors (Lipinski definition) is 5. The summed E-state index contributed by atoms with van der Waals surface area (Å²) in [5.74, 6) is 0.892. The molecule has 0 saturated carbocycles. The Morgan fingerprint density at radius 1 is 1.28 bits per heavy atom. The van der Waals surface area contributed by atoms with E-state index in [1.807, 2.05) is 0 Å². The van der Waals surface area contributed by atoms with E-state index in [0.717, 1.165) is 25.5 Å². The third-order valence-corrected chi connectivity index (χ3v) is 3.39. The van der Waals surface area contributed by atoms with E-state index in [9.17, 15) is 5.11 Å². The largest absolute Gasteiger partial charge is 0.384 e. The number of aromatic nitrogens is 2. The van der Waals surface area contributed by atoms with Crippen LogP contribution < -0.4 is 4.90 Å². The predicted octanol–water partition coefficient (Wildman–Crippen LogP) is 0.844. The highest BCUT2D eigenvalue weighted by atomic mass is 16.3. The molecule has 0 spiro atoms. The van der Waals surface area contributed by atoms with Crippen molar-refractivity contribution in [2.75, 3.05) is 31.6 Å². The van der Waals surface area contributed by atoms with E-state index in [1.165, 1.54) is 0 Å². The lowest BCUT2D eigenvalue weighted by atomic mass is 10.1. The Morgan fingerprint density at radius 2 is 2.00 bits per heavy atom. The van der Waals surface area contributed by atoms with Crippen molar-refractivity contribution >= 4 is 5.82 Å². The zero-order valence-corrected chi connectivity index (χ0v) is 11.6. The zero-order valence-electron chi connectivity index (χ0n) is 11.6. The summed E-state index contributed by atoms with van der Waals surface area (Å²) in [7, 11) is 2.14. The van der Waals surface area contributed by atoms with Crippen LogP contribution in [0.4, 0.5) is 5.82 Å². The fraction of sp³-hybridized carbons (Fsp3) is 0.692. The molecule has 1 aliphatic rings. The topological polar surface area (TPSA) is 52.5 Å². The molecule has 1 atom stereocenters. The molecule has 1 aromatic heterocycles. The Morgan fingerprint density at radius 3 is 2.50 bits per heavy atom. The van der Waals surface area contributed by atoms with E-state index in [0.29, 0.717) is 11.7 Å². The average Bonchev–Trinajstić information content (AvgIpc) is 2.28. The molecule has 0 amide bonds. The molecule has 1 saturated heterocycles. The van der Waals surface area contributed by atoms with Gasteiger partial charge in [-0.05, 0) is 27.8 Å². The minimum Gasteiger partial charge on any atom is -0.384 e. The predicted molar refractivity (Wildman–Crippen MR) is 71.6 cm³/mol. The normalized spacial score (nSPS) is 22.3. The summed E-state index contributed by atoms with van der Waals surface area (Å²) in [6, 6.07) is 0.436. The van der Waals surface area contributed by atoms with Gasteiger partial charge in [0.15, 0.2) is 0 Å². The molecule has 1 unspecified atom stereocenters. The monoisotopic (exact) mass is 250 g/mol. The highest BCUT2D eigenvalue weighted by Crippen LogP contribution is 2.20. The van der Waals surface area contributed by atoms with Crippen molar-refractivity contribution in [1.82, 2.24) is 14.9 Å². The van der Waals surface area contributed by atoms with Crippen molar-refractivity contribution in [2.45, 2.75) is 32.4 Å². The lowest BCUT2D eigenvalue weighted by Gasteiger charge is -2.38. The third-order valence-electron chi connectivity index (χ3n) is 3.39. The molecule has 18 heavy (non-hydrogen) atoms. The highest BCUT2D eigenvalue weighted by Gasteiger charge is 2.24. The number of nitrogens with zero attached hydrogens (tertiary/aromatic N) is 4. The maximum atomic E-state index is 9.85. The van der Waals surface area contributed by atoms with Crippen LogP contribution in [0.5, 0.6) is 0 Å². The SMILES string of the molecule is CC1CN(C)CCN1c1cnc(C(C)(C)O)cn1. The summed E-state index contributed by atoms with van der Waals surface area (Å²) in [5, 5.41) is 9.85. The molecular formula is C13H22N4O. The Bertz CT molecular complexity index is 398. The van der Waals surface area contributed by atoms with Gasteiger partial charge >= 0.3 is 0 Å². The highest BCUT2D eigenvalue weighted by molar-refractivity contribution is 5.38. The van der Waals surface area contributed by atoms with Crippen LogP contribution in [0.15, 0.2) is 12.4 Å². The molecule has 5 nitrogen and oxygen atoms in total. The first-order valence-corrected chi connectivity index (χ1v) is 6.38. The van der Waals surface area contributed by atoms with Crippen molar-refractivity contribution in [3.8, 4) is 0 Å². The fourth-order valence-corrected chi connectivity index (χ4v) is 2.27. The first-order chi connectivity index (χ1) is 8.38. The Hall–Kier alpha value is -1.20. The molecular weight excluding hydrogens is 228 g/mol. The van der Waals surface area contributed by atoms with E-state index >= 15 is 0 Å². The first-order valence-electron chi connectivity index (χ1n) is 6.38. The third kappa shape index (κ3) is 2.79. The standard InChI is InChI=1S/C13H22N4O/c1-10-9-16(4)5-6-17(10)12-8-14-11(7-15-12)13(2,3)18/h7-8,10,18H,5-6,9H2,1-4H3. The van der Waals surface area contributed by atoms with Gasteiger partial charge in [0.1, 0.15) is 11.4 Å². The quantitative estimate of drug-likeness (QED) is 0.843. The Kier molecular flexibility index (Phi) is 3.54. The molecule has 0 radical (unpaired) electrons. The van der Waals surface area contributed by atoms with Gasteiger partial charge in [-0.2, -0.15) is 0 Å². The van der Waals surface area contributed by atoms with Crippen LogP contribution in [-0.4, -0.2) is 52.7 Å². The number of piperazine rings is 1. The van der Waals surface area contributed by atoms with Crippen molar-refractivity contribution < 1.29 is 5.11 Å². The van der Waals surface area contributed by atoms with Crippen molar-refractivity contribution in [3.05, 3.63) is 18.1 Å². The second kappa shape index (κ2) is 4.82. The van der Waals surface area contributed by atoms with E-state index in [1.54, 1.807) is 26.2 Å². The van der Waals surface area contributed by atoms with Crippen LogP contribution in [0, 0.1) is 0 Å². The maximum Gasteiger partial charge on any atom is 0.147 e. The second-order valence-electron chi connectivity index (χ2n) is 5.62. The van der Waals surface area contributed by atoms with E-state index in [-0.39, 0.29) is 0 Å². The van der Waals surface area contributed by atoms with E-state index < -0.39 is 5.60 Å². The Balaban J connectivity index is 2.15. The van der Waals surface area contributed by atoms with Gasteiger partial charge in [-0.3, -0.25) is 4.98 Å². The summed E-state index contributed by atoms with van der Waals surface area (Å²) in [6.45, 7) is 8.67. The summed E-state index contributed by atoms with van der Waals surface area (Å²) in [4.78, 5) is 13.3. The van der Waals surface area contributed by atoms with Gasteiger partial charge in [0.05, 0.1) is 18.1 Å². The molecule has 2 rings (SSSR count). The van der Waals surface area contributed by atoms with E-state index in [2.05, 4.69) is 33.7 Å². The number of rotatable bonds is 2. The molecule has 0 aliphatic carbocycles. The summed E-state index contributed by atoms with van der Waals surface area (Å²) < 4.78 is 0. The minimum absolute atomic E-state index is 0.436. The van der Waals surface area contributed by atoms with Gasteiger partial charge in [-0.25, -0.2) is 4.98 Å². The second-order valence-corrected chi connectivity index (χ2v) is 5.62. The molecule has 5 heteroatoms. The van der Waals surface area contributed by atoms with Crippen LogP contribution in [0.1, 0.15) is 26.5 Å². The van der Waals surface area contributed by atoms with Crippen LogP contribution in [0.2, 0.25) is 0 Å². The van der Waals surface area contributed by atoms with Crippen LogP contribution in [0.25, 0.3) is 0 Å². The van der Waals surface area contributed by atoms with Gasteiger partial charge in [-0.15, -0.1) is 0 Å². The lowest BCUT2D eigenvalue weighted by Crippen LogP contribution is -2.50. The van der Waals surface area contributed by atoms with Crippen molar-refractivity contribution in [2.24, 2.45) is 0 Å². The number of likely N-dealkylation sites (N-methyl/N-ethyl adjacent to an activating group) is 1. The van der Waals surface area contributed by atoms with Gasteiger partial charge in [0.2, 0.25) is 0 Å². The van der Waals surface area contributed by atoms with E-state index in [4.69, 9.17) is 0 Å². The van der Waals surface area contributed by atoms with Gasteiger partial charge < -0.3 is 14.9 Å². The summed E-state index contributed by atoms with van der Waals surface area (Å²) in [6.07, 6.45) is 3.43. The Labute approximate surface area is 108 Å². The first kappa shape index (κ1) is 13.2. The smallest absolute Gasteiger partial charge is 0.147 e. The van der Waals surface area contributed by atoms with Gasteiger partial charge in [-0.1, -0.05) is 0 Å². The number of aliphatic hydroxyl groups is 1. The molecule has 1 aromatic rings. The fourth-order valence-electron chi connectivity index (χ4n) is 2.27. The van der Waals surface area contributed by atoms with Crippen LogP contribution in [0.3, 0.4) is 0 Å². The van der Waals surface area contributed by atoms with Gasteiger partial charge in [0.25, 0.3) is 0 Å². The number of anilines is 1. The van der Waals surface area contributed by atoms with Gasteiger partial charge in [0, 0.05) is 25.7 Å². The lowest BCUT2D eigenvalue weighted by molar-refractivity contribution is 0.0734. The summed E-state index contributed by atoms with van der Waals surface area (Å²) in [5.41, 5.74) is -0.327. The minimum atomic E-state index is -0.931. The zero-order chi connectivity index (χ0) is 13.3. The van der Waals surface area contributed by atoms with Crippen LogP contribution in [-0.2, 0) is 5.60 Å². The molecule has 1 aliphatic heterocycles. The number of hydrogen-bond donors (Lipinski definition) is 1. The molecule has 1 fully saturated rings. The van der Waals surface area contributed by atoms with Crippen molar-refractivity contribution in [3.63, 3.8) is 0 Å². The van der Waals surface area contributed by atoms with Crippen LogP contribution >= 0.6 is 0 Å².